The molecule has 2 N–H and O–H groups in total. The van der Waals surface area contributed by atoms with Gasteiger partial charge in [0.05, 0.1) is 4.90 Å². The third-order valence-electron chi connectivity index (χ3n) is 5.03. The summed E-state index contributed by atoms with van der Waals surface area (Å²) in [5.41, 5.74) is 0.772. The second-order valence-corrected chi connectivity index (χ2v) is 8.43. The first-order chi connectivity index (χ1) is 11.5. The lowest BCUT2D eigenvalue weighted by Crippen LogP contribution is -2.41. The van der Waals surface area contributed by atoms with Crippen molar-refractivity contribution in [3.63, 3.8) is 0 Å². The number of carbonyl (C=O) groups excluding carboxylic acids is 1. The lowest BCUT2D eigenvalue weighted by atomic mass is 9.94. The van der Waals surface area contributed by atoms with Gasteiger partial charge in [0.25, 0.3) is 0 Å². The van der Waals surface area contributed by atoms with Crippen LogP contribution in [0.15, 0.2) is 29.2 Å². The first kappa shape index (κ1) is 17.2. The minimum atomic E-state index is -3.43. The molecule has 1 aromatic carbocycles. The molecule has 0 aromatic heterocycles. The van der Waals surface area contributed by atoms with Crippen LogP contribution in [0.5, 0.6) is 0 Å². The SMILES string of the molecule is CNS(=O)(=O)c1ccc(NC2CCN(C3CCCCC3)C2=O)cc1. The van der Waals surface area contributed by atoms with E-state index in [2.05, 4.69) is 10.0 Å². The summed E-state index contributed by atoms with van der Waals surface area (Å²) in [6.45, 7) is 0.813. The van der Waals surface area contributed by atoms with Crippen molar-refractivity contribution in [2.75, 3.05) is 18.9 Å². The molecule has 1 heterocycles. The zero-order valence-corrected chi connectivity index (χ0v) is 14.8. The number of anilines is 1. The summed E-state index contributed by atoms with van der Waals surface area (Å²) in [5, 5.41) is 3.25. The molecule has 1 aliphatic heterocycles. The van der Waals surface area contributed by atoms with Crippen molar-refractivity contribution in [2.24, 2.45) is 0 Å². The van der Waals surface area contributed by atoms with Gasteiger partial charge in [-0.3, -0.25) is 4.79 Å². The molecule has 2 fully saturated rings. The molecule has 0 spiro atoms. The number of nitrogens with one attached hydrogen (secondary N) is 2. The Morgan fingerprint density at radius 2 is 1.71 bits per heavy atom. The predicted octanol–water partition coefficient (Wildman–Crippen LogP) is 1.94. The van der Waals surface area contributed by atoms with E-state index >= 15 is 0 Å². The van der Waals surface area contributed by atoms with Crippen molar-refractivity contribution < 1.29 is 13.2 Å². The molecular formula is C17H25N3O3S. The van der Waals surface area contributed by atoms with E-state index in [1.807, 2.05) is 4.90 Å². The number of hydrogen-bond donors (Lipinski definition) is 2. The number of nitrogens with zero attached hydrogens (tertiary/aromatic N) is 1. The smallest absolute Gasteiger partial charge is 0.245 e. The van der Waals surface area contributed by atoms with Crippen molar-refractivity contribution in [1.82, 2.24) is 9.62 Å². The van der Waals surface area contributed by atoms with Crippen LogP contribution in [0.4, 0.5) is 5.69 Å². The van der Waals surface area contributed by atoms with Gasteiger partial charge in [0.15, 0.2) is 0 Å². The van der Waals surface area contributed by atoms with Gasteiger partial charge in [-0.1, -0.05) is 19.3 Å². The molecule has 0 radical (unpaired) electrons. The van der Waals surface area contributed by atoms with Gasteiger partial charge in [0, 0.05) is 18.3 Å². The third-order valence-corrected chi connectivity index (χ3v) is 6.46. The zero-order valence-electron chi connectivity index (χ0n) is 14.0. The second-order valence-electron chi connectivity index (χ2n) is 6.54. The van der Waals surface area contributed by atoms with E-state index in [-0.39, 0.29) is 16.8 Å². The van der Waals surface area contributed by atoms with E-state index in [9.17, 15) is 13.2 Å². The van der Waals surface area contributed by atoms with E-state index < -0.39 is 10.0 Å². The molecule has 0 bridgehead atoms. The Balaban J connectivity index is 1.63. The highest BCUT2D eigenvalue weighted by Crippen LogP contribution is 2.27. The van der Waals surface area contributed by atoms with Gasteiger partial charge in [-0.05, 0) is 50.6 Å². The highest BCUT2D eigenvalue weighted by molar-refractivity contribution is 7.89. The van der Waals surface area contributed by atoms with Gasteiger partial charge in [-0.25, -0.2) is 13.1 Å². The minimum Gasteiger partial charge on any atom is -0.374 e. The highest BCUT2D eigenvalue weighted by Gasteiger charge is 2.36. The fraction of sp³-hybridized carbons (Fsp3) is 0.588. The Morgan fingerprint density at radius 3 is 2.33 bits per heavy atom. The van der Waals surface area contributed by atoms with E-state index in [1.54, 1.807) is 24.3 Å². The van der Waals surface area contributed by atoms with Crippen LogP contribution in [-0.4, -0.2) is 44.9 Å². The average molecular weight is 351 g/mol. The molecule has 1 amide bonds. The van der Waals surface area contributed by atoms with Crippen molar-refractivity contribution in [3.05, 3.63) is 24.3 Å². The lowest BCUT2D eigenvalue weighted by Gasteiger charge is -2.31. The maximum atomic E-state index is 12.6. The standard InChI is InChI=1S/C17H25N3O3S/c1-18-24(22,23)15-9-7-13(8-10-15)19-16-11-12-20(17(16)21)14-5-3-2-4-6-14/h7-10,14,16,18-19H,2-6,11-12H2,1H3. The molecule has 6 nitrogen and oxygen atoms in total. The van der Waals surface area contributed by atoms with Crippen molar-refractivity contribution >= 4 is 21.6 Å². The normalized spacial score (nSPS) is 22.8. The maximum absolute atomic E-state index is 12.6. The number of rotatable bonds is 5. The van der Waals surface area contributed by atoms with Crippen LogP contribution in [0, 0.1) is 0 Å². The number of carbonyl (C=O) groups is 1. The van der Waals surface area contributed by atoms with Gasteiger partial charge in [0.1, 0.15) is 6.04 Å². The second kappa shape index (κ2) is 7.11. The van der Waals surface area contributed by atoms with Crippen LogP contribution < -0.4 is 10.0 Å². The summed E-state index contributed by atoms with van der Waals surface area (Å²) in [6.07, 6.45) is 6.75. The predicted molar refractivity (Wildman–Crippen MR) is 93.3 cm³/mol. The van der Waals surface area contributed by atoms with E-state index in [0.717, 1.165) is 31.5 Å². The minimum absolute atomic E-state index is 0.175. The number of sulfonamides is 1. The van der Waals surface area contributed by atoms with Crippen molar-refractivity contribution in [3.8, 4) is 0 Å². The quantitative estimate of drug-likeness (QED) is 0.850. The lowest BCUT2D eigenvalue weighted by molar-refractivity contribution is -0.130. The molecule has 1 atom stereocenters. The summed E-state index contributed by atoms with van der Waals surface area (Å²) in [6, 6.07) is 6.71. The van der Waals surface area contributed by atoms with E-state index in [4.69, 9.17) is 0 Å². The van der Waals surface area contributed by atoms with Crippen LogP contribution in [0.3, 0.4) is 0 Å². The Labute approximate surface area is 143 Å². The summed E-state index contributed by atoms with van der Waals surface area (Å²) in [5.74, 6) is 0.175. The van der Waals surface area contributed by atoms with E-state index in [0.29, 0.717) is 6.04 Å². The summed E-state index contributed by atoms with van der Waals surface area (Å²) in [4.78, 5) is 14.9. The molecular weight excluding hydrogens is 326 g/mol. The molecule has 1 aliphatic carbocycles. The maximum Gasteiger partial charge on any atom is 0.245 e. The number of hydrogen-bond acceptors (Lipinski definition) is 4. The first-order valence-corrected chi connectivity index (χ1v) is 10.1. The molecule has 1 saturated heterocycles. The number of likely N-dealkylation sites (tertiary alicyclic amines) is 1. The van der Waals surface area contributed by atoms with Gasteiger partial charge < -0.3 is 10.2 Å². The van der Waals surface area contributed by atoms with Crippen LogP contribution in [0.2, 0.25) is 0 Å². The average Bonchev–Trinajstić information content (AvgIpc) is 2.97. The van der Waals surface area contributed by atoms with Crippen molar-refractivity contribution in [1.29, 1.82) is 0 Å². The van der Waals surface area contributed by atoms with Crippen LogP contribution >= 0.6 is 0 Å². The molecule has 2 aliphatic rings. The molecule has 132 valence electrons. The largest absolute Gasteiger partial charge is 0.374 e. The molecule has 1 aromatic rings. The topological polar surface area (TPSA) is 78.5 Å². The van der Waals surface area contributed by atoms with Gasteiger partial charge in [0.2, 0.25) is 15.9 Å². The third kappa shape index (κ3) is 3.57. The summed E-state index contributed by atoms with van der Waals surface area (Å²) >= 11 is 0. The number of benzene rings is 1. The van der Waals surface area contributed by atoms with Crippen LogP contribution in [0.25, 0.3) is 0 Å². The zero-order chi connectivity index (χ0) is 17.2. The molecule has 3 rings (SSSR count). The van der Waals surface area contributed by atoms with Crippen LogP contribution in [0.1, 0.15) is 38.5 Å². The molecule has 1 unspecified atom stereocenters. The Hall–Kier alpha value is -1.60. The summed E-state index contributed by atoms with van der Waals surface area (Å²) in [7, 11) is -2.04. The Kier molecular flexibility index (Phi) is 5.10. The van der Waals surface area contributed by atoms with Gasteiger partial charge >= 0.3 is 0 Å². The fourth-order valence-electron chi connectivity index (χ4n) is 3.64. The Morgan fingerprint density at radius 1 is 1.04 bits per heavy atom. The Bertz CT molecular complexity index is 682. The van der Waals surface area contributed by atoms with Crippen LogP contribution in [-0.2, 0) is 14.8 Å². The molecule has 7 heteroatoms. The highest BCUT2D eigenvalue weighted by atomic mass is 32.2. The van der Waals surface area contributed by atoms with Crippen molar-refractivity contribution in [2.45, 2.75) is 55.5 Å². The summed E-state index contributed by atoms with van der Waals surface area (Å²) < 4.78 is 25.8. The van der Waals surface area contributed by atoms with E-state index in [1.165, 1.54) is 26.3 Å². The monoisotopic (exact) mass is 351 g/mol. The molecule has 24 heavy (non-hydrogen) atoms. The van der Waals surface area contributed by atoms with Gasteiger partial charge in [-0.15, -0.1) is 0 Å². The first-order valence-electron chi connectivity index (χ1n) is 8.62. The molecule has 1 saturated carbocycles. The number of amides is 1. The van der Waals surface area contributed by atoms with Gasteiger partial charge in [-0.2, -0.15) is 0 Å². The fourth-order valence-corrected chi connectivity index (χ4v) is 4.37.